The highest BCUT2D eigenvalue weighted by atomic mass is 16.4. The monoisotopic (exact) mass is 374 g/mol. The van der Waals surface area contributed by atoms with Crippen molar-refractivity contribution >= 4 is 5.97 Å². The van der Waals surface area contributed by atoms with Gasteiger partial charge in [0.2, 0.25) is 0 Å². The van der Waals surface area contributed by atoms with E-state index in [1.807, 2.05) is 0 Å². The Morgan fingerprint density at radius 3 is 2.70 bits per heavy atom. The minimum Gasteiger partial charge on any atom is -0.481 e. The van der Waals surface area contributed by atoms with Crippen LogP contribution in [0.5, 0.6) is 0 Å². The van der Waals surface area contributed by atoms with Gasteiger partial charge in [0, 0.05) is 6.42 Å². The van der Waals surface area contributed by atoms with Crippen LogP contribution in [0.15, 0.2) is 11.6 Å². The average molecular weight is 375 g/mol. The molecule has 4 nitrogen and oxygen atoms in total. The normalized spacial score (nSPS) is 36.3. The highest BCUT2D eigenvalue weighted by Crippen LogP contribution is 2.62. The molecule has 0 saturated heterocycles. The molecule has 0 aromatic carbocycles. The lowest BCUT2D eigenvalue weighted by Crippen LogP contribution is -2.53. The summed E-state index contributed by atoms with van der Waals surface area (Å²) in [6.07, 6.45) is 11.2. The molecule has 3 aliphatic rings. The van der Waals surface area contributed by atoms with E-state index in [0.29, 0.717) is 12.3 Å². The summed E-state index contributed by atoms with van der Waals surface area (Å²) in [4.78, 5) is 10.8. The zero-order valence-electron chi connectivity index (χ0n) is 16.5. The first-order valence-electron chi connectivity index (χ1n) is 10.8. The zero-order valence-corrected chi connectivity index (χ0v) is 16.5. The van der Waals surface area contributed by atoms with Gasteiger partial charge in [-0.2, -0.15) is 0 Å². The highest BCUT2D eigenvalue weighted by Gasteiger charge is 2.56. The number of carboxylic acid groups (broad SMARTS) is 1. The van der Waals surface area contributed by atoms with Crippen molar-refractivity contribution in [2.75, 3.05) is 0 Å². The van der Waals surface area contributed by atoms with E-state index in [2.05, 4.69) is 24.8 Å². The highest BCUT2D eigenvalue weighted by molar-refractivity contribution is 5.66. The van der Waals surface area contributed by atoms with Crippen molar-refractivity contribution in [1.82, 2.24) is 0 Å². The largest absolute Gasteiger partial charge is 0.481 e. The molecule has 1 unspecified atom stereocenters. The van der Waals surface area contributed by atoms with E-state index in [4.69, 9.17) is 5.11 Å². The van der Waals surface area contributed by atoms with Crippen LogP contribution in [0.1, 0.15) is 77.6 Å². The molecule has 3 aliphatic carbocycles. The predicted octanol–water partition coefficient (Wildman–Crippen LogP) is 3.91. The lowest BCUT2D eigenvalue weighted by Gasteiger charge is -2.58. The molecule has 0 aliphatic heterocycles. The number of fused-ring (bicyclic) bond motifs is 1. The van der Waals surface area contributed by atoms with Crippen LogP contribution >= 0.6 is 0 Å². The van der Waals surface area contributed by atoms with Crippen LogP contribution < -0.4 is 0 Å². The SMILES string of the molecule is CC[C@]12CC[C@@H](O)[C@H](C#CC(O)C3CCCCC3)[C@H]1C/C2=C/CCC(=O)O. The van der Waals surface area contributed by atoms with E-state index in [-0.39, 0.29) is 23.7 Å². The van der Waals surface area contributed by atoms with Crippen molar-refractivity contribution in [3.63, 3.8) is 0 Å². The molecule has 0 bridgehead atoms. The van der Waals surface area contributed by atoms with Crippen LogP contribution in [-0.2, 0) is 4.79 Å². The molecule has 3 fully saturated rings. The van der Waals surface area contributed by atoms with Gasteiger partial charge in [-0.1, -0.05) is 49.7 Å². The quantitative estimate of drug-likeness (QED) is 0.504. The number of carboxylic acids is 1. The molecule has 3 saturated carbocycles. The fourth-order valence-electron chi connectivity index (χ4n) is 5.68. The van der Waals surface area contributed by atoms with Crippen LogP contribution in [0, 0.1) is 35.0 Å². The summed E-state index contributed by atoms with van der Waals surface area (Å²) in [6, 6.07) is 0. The van der Waals surface area contributed by atoms with Gasteiger partial charge in [-0.05, 0) is 62.2 Å². The molecule has 0 amide bonds. The van der Waals surface area contributed by atoms with Gasteiger partial charge in [0.25, 0.3) is 0 Å². The molecule has 3 N–H and O–H groups in total. The number of rotatable bonds is 5. The minimum absolute atomic E-state index is 0.0754. The molecule has 3 rings (SSSR count). The second-order valence-electron chi connectivity index (χ2n) is 8.75. The van der Waals surface area contributed by atoms with E-state index < -0.39 is 18.2 Å². The Kier molecular flexibility index (Phi) is 6.65. The van der Waals surface area contributed by atoms with Gasteiger partial charge in [-0.15, -0.1) is 0 Å². The summed E-state index contributed by atoms with van der Waals surface area (Å²) >= 11 is 0. The minimum atomic E-state index is -0.757. The van der Waals surface area contributed by atoms with Gasteiger partial charge in [0.05, 0.1) is 12.0 Å². The number of aliphatic hydroxyl groups is 2. The Balaban J connectivity index is 1.70. The lowest BCUT2D eigenvalue weighted by molar-refractivity contribution is -0.136. The molecule has 0 heterocycles. The molecular formula is C23H34O4. The van der Waals surface area contributed by atoms with E-state index >= 15 is 0 Å². The molecule has 5 atom stereocenters. The number of hydrogen-bond acceptors (Lipinski definition) is 3. The molecule has 27 heavy (non-hydrogen) atoms. The van der Waals surface area contributed by atoms with Crippen molar-refractivity contribution < 1.29 is 20.1 Å². The summed E-state index contributed by atoms with van der Waals surface area (Å²) in [5, 5.41) is 29.9. The molecule has 0 spiro atoms. The Morgan fingerprint density at radius 1 is 1.30 bits per heavy atom. The maximum Gasteiger partial charge on any atom is 0.303 e. The van der Waals surface area contributed by atoms with E-state index in [9.17, 15) is 15.0 Å². The van der Waals surface area contributed by atoms with Crippen LogP contribution in [0.25, 0.3) is 0 Å². The van der Waals surface area contributed by atoms with Gasteiger partial charge < -0.3 is 15.3 Å². The van der Waals surface area contributed by atoms with Crippen LogP contribution in [0.3, 0.4) is 0 Å². The first-order chi connectivity index (χ1) is 13.0. The predicted molar refractivity (Wildman–Crippen MR) is 105 cm³/mol. The third-order valence-corrected chi connectivity index (χ3v) is 7.40. The summed E-state index contributed by atoms with van der Waals surface area (Å²) in [7, 11) is 0. The van der Waals surface area contributed by atoms with Crippen molar-refractivity contribution in [2.45, 2.75) is 89.8 Å². The molecule has 4 heteroatoms. The lowest BCUT2D eigenvalue weighted by atomic mass is 9.46. The maximum atomic E-state index is 10.8. The Hall–Kier alpha value is -1.31. The fraction of sp³-hybridized carbons (Fsp3) is 0.783. The van der Waals surface area contributed by atoms with Crippen molar-refractivity contribution in [3.8, 4) is 11.8 Å². The zero-order chi connectivity index (χ0) is 19.4. The number of aliphatic hydroxyl groups excluding tert-OH is 2. The van der Waals surface area contributed by atoms with E-state index in [1.165, 1.54) is 24.8 Å². The van der Waals surface area contributed by atoms with Gasteiger partial charge in [-0.25, -0.2) is 0 Å². The molecule has 0 aromatic heterocycles. The summed E-state index contributed by atoms with van der Waals surface area (Å²) < 4.78 is 0. The second kappa shape index (κ2) is 8.80. The summed E-state index contributed by atoms with van der Waals surface area (Å²) in [5.41, 5.74) is 1.44. The van der Waals surface area contributed by atoms with E-state index in [0.717, 1.165) is 38.5 Å². The van der Waals surface area contributed by atoms with Gasteiger partial charge in [0.1, 0.15) is 6.10 Å². The number of carbonyl (C=O) groups is 1. The third kappa shape index (κ3) is 4.25. The molecule has 0 radical (unpaired) electrons. The summed E-state index contributed by atoms with van der Waals surface area (Å²) in [6.45, 7) is 2.19. The van der Waals surface area contributed by atoms with Gasteiger partial charge in [0.15, 0.2) is 0 Å². The van der Waals surface area contributed by atoms with Crippen molar-refractivity contribution in [1.29, 1.82) is 0 Å². The number of allylic oxidation sites excluding steroid dienone is 2. The fourth-order valence-corrected chi connectivity index (χ4v) is 5.68. The smallest absolute Gasteiger partial charge is 0.303 e. The third-order valence-electron chi connectivity index (χ3n) is 7.40. The molecular weight excluding hydrogens is 340 g/mol. The summed E-state index contributed by atoms with van der Waals surface area (Å²) in [5.74, 6) is 6.17. The average Bonchev–Trinajstić information content (AvgIpc) is 2.66. The molecule has 0 aromatic rings. The van der Waals surface area contributed by atoms with Crippen molar-refractivity contribution in [2.24, 2.45) is 23.2 Å². The maximum absolute atomic E-state index is 10.8. The first kappa shape index (κ1) is 20.4. The topological polar surface area (TPSA) is 77.8 Å². The van der Waals surface area contributed by atoms with Crippen LogP contribution in [-0.4, -0.2) is 33.5 Å². The number of hydrogen-bond donors (Lipinski definition) is 3. The first-order valence-corrected chi connectivity index (χ1v) is 10.8. The second-order valence-corrected chi connectivity index (χ2v) is 8.75. The standard InChI is InChI=1S/C23H34O4/c1-2-23-14-13-21(25)18(11-12-20(24)16-7-4-3-5-8-16)19(23)15-17(23)9-6-10-22(26)27/h9,16,18-21,24-25H,2-8,10,13-15H2,1H3,(H,26,27)/b17-9-/t18-,19-,20?,21-,23-/m1/s1. The Morgan fingerprint density at radius 2 is 2.04 bits per heavy atom. The van der Waals surface area contributed by atoms with Crippen LogP contribution in [0.2, 0.25) is 0 Å². The Bertz CT molecular complexity index is 622. The van der Waals surface area contributed by atoms with Gasteiger partial charge in [-0.3, -0.25) is 4.79 Å². The van der Waals surface area contributed by atoms with E-state index in [1.54, 1.807) is 0 Å². The van der Waals surface area contributed by atoms with Crippen molar-refractivity contribution in [3.05, 3.63) is 11.6 Å². The Labute approximate surface area is 163 Å². The molecule has 150 valence electrons. The van der Waals surface area contributed by atoms with Gasteiger partial charge >= 0.3 is 5.97 Å². The van der Waals surface area contributed by atoms with Crippen LogP contribution in [0.4, 0.5) is 0 Å². The number of aliphatic carboxylic acids is 1.